The minimum Gasteiger partial charge on any atom is -0.493 e. The number of nitrogens with one attached hydrogen (secondary N) is 1. The van der Waals surface area contributed by atoms with Crippen LogP contribution in [0.4, 0.5) is 5.69 Å². The van der Waals surface area contributed by atoms with E-state index in [9.17, 15) is 13.2 Å². The molecule has 1 aliphatic heterocycles. The van der Waals surface area contributed by atoms with Gasteiger partial charge >= 0.3 is 0 Å². The number of morpholine rings is 1. The molecular formula is C21H25ClN2O7S. The zero-order valence-corrected chi connectivity index (χ0v) is 19.6. The van der Waals surface area contributed by atoms with E-state index in [-0.39, 0.29) is 35.3 Å². The summed E-state index contributed by atoms with van der Waals surface area (Å²) in [5, 5.41) is 2.80. The van der Waals surface area contributed by atoms with E-state index >= 15 is 0 Å². The van der Waals surface area contributed by atoms with Crippen molar-refractivity contribution in [1.29, 1.82) is 0 Å². The van der Waals surface area contributed by atoms with E-state index in [1.165, 1.54) is 37.8 Å². The molecule has 0 atom stereocenters. The van der Waals surface area contributed by atoms with Crippen LogP contribution in [-0.2, 0) is 26.0 Å². The van der Waals surface area contributed by atoms with Gasteiger partial charge in [0.05, 0.1) is 46.0 Å². The summed E-state index contributed by atoms with van der Waals surface area (Å²) in [6, 6.07) is 7.71. The number of sulfonamides is 1. The van der Waals surface area contributed by atoms with Crippen molar-refractivity contribution in [1.82, 2.24) is 4.31 Å². The quantitative estimate of drug-likeness (QED) is 0.614. The van der Waals surface area contributed by atoms with E-state index in [0.29, 0.717) is 41.7 Å². The molecule has 1 amide bonds. The van der Waals surface area contributed by atoms with Crippen LogP contribution in [0, 0.1) is 0 Å². The Labute approximate surface area is 192 Å². The molecule has 174 valence electrons. The number of carbonyl (C=O) groups is 1. The van der Waals surface area contributed by atoms with Crippen molar-refractivity contribution in [2.24, 2.45) is 0 Å². The number of ether oxygens (including phenoxy) is 4. The van der Waals surface area contributed by atoms with Crippen LogP contribution in [0.1, 0.15) is 5.56 Å². The van der Waals surface area contributed by atoms with Gasteiger partial charge in [0.1, 0.15) is 4.90 Å². The molecule has 1 fully saturated rings. The molecule has 3 rings (SSSR count). The Morgan fingerprint density at radius 2 is 1.69 bits per heavy atom. The zero-order valence-electron chi connectivity index (χ0n) is 18.0. The summed E-state index contributed by atoms with van der Waals surface area (Å²) >= 11 is 6.17. The maximum Gasteiger partial charge on any atom is 0.244 e. The third-order valence-electron chi connectivity index (χ3n) is 4.89. The SMILES string of the molecule is COc1cc(CC(=O)Nc2ccc(Cl)c(S(=O)(=O)N3CCOCC3)c2)cc(OC)c1OC. The highest BCUT2D eigenvalue weighted by Gasteiger charge is 2.28. The van der Waals surface area contributed by atoms with Gasteiger partial charge in [-0.25, -0.2) is 8.42 Å². The molecule has 0 radical (unpaired) electrons. The molecule has 2 aromatic rings. The summed E-state index contributed by atoms with van der Waals surface area (Å²) in [4.78, 5) is 12.6. The topological polar surface area (TPSA) is 103 Å². The lowest BCUT2D eigenvalue weighted by Crippen LogP contribution is -2.40. The lowest BCUT2D eigenvalue weighted by atomic mass is 10.1. The van der Waals surface area contributed by atoms with Gasteiger partial charge in [0.2, 0.25) is 21.7 Å². The number of amides is 1. The molecule has 1 saturated heterocycles. The Hall–Kier alpha value is -2.53. The molecular weight excluding hydrogens is 460 g/mol. The van der Waals surface area contributed by atoms with Gasteiger partial charge in [-0.15, -0.1) is 0 Å². The van der Waals surface area contributed by atoms with Gasteiger partial charge in [-0.3, -0.25) is 4.79 Å². The molecule has 32 heavy (non-hydrogen) atoms. The second kappa shape index (κ2) is 10.4. The molecule has 1 heterocycles. The second-order valence-electron chi connectivity index (χ2n) is 6.92. The molecule has 9 nitrogen and oxygen atoms in total. The van der Waals surface area contributed by atoms with Crippen LogP contribution in [0.3, 0.4) is 0 Å². The molecule has 0 saturated carbocycles. The van der Waals surface area contributed by atoms with Gasteiger partial charge in [0.15, 0.2) is 11.5 Å². The summed E-state index contributed by atoms with van der Waals surface area (Å²) < 4.78 is 48.4. The maximum absolute atomic E-state index is 13.0. The molecule has 0 spiro atoms. The number of benzene rings is 2. The van der Waals surface area contributed by atoms with E-state index in [2.05, 4.69) is 5.32 Å². The van der Waals surface area contributed by atoms with Crippen molar-refractivity contribution in [3.8, 4) is 17.2 Å². The fraction of sp³-hybridized carbons (Fsp3) is 0.381. The fourth-order valence-electron chi connectivity index (χ4n) is 3.33. The minimum absolute atomic E-state index is 0.00485. The molecule has 0 bridgehead atoms. The van der Waals surface area contributed by atoms with E-state index in [1.54, 1.807) is 18.2 Å². The van der Waals surface area contributed by atoms with Crippen LogP contribution >= 0.6 is 11.6 Å². The summed E-state index contributed by atoms with van der Waals surface area (Å²) in [6.45, 7) is 1.14. The van der Waals surface area contributed by atoms with Crippen molar-refractivity contribution in [3.63, 3.8) is 0 Å². The Bertz CT molecular complexity index is 1060. The van der Waals surface area contributed by atoms with Gasteiger partial charge in [0.25, 0.3) is 0 Å². The molecule has 0 aromatic heterocycles. The van der Waals surface area contributed by atoms with Crippen molar-refractivity contribution >= 4 is 33.2 Å². The number of hydrogen-bond acceptors (Lipinski definition) is 7. The molecule has 11 heteroatoms. The van der Waals surface area contributed by atoms with Gasteiger partial charge < -0.3 is 24.3 Å². The third kappa shape index (κ3) is 5.26. The van der Waals surface area contributed by atoms with Gasteiger partial charge in [-0.2, -0.15) is 4.31 Å². The van der Waals surface area contributed by atoms with E-state index in [0.717, 1.165) is 0 Å². The Balaban J connectivity index is 1.80. The first-order valence-corrected chi connectivity index (χ1v) is 11.6. The molecule has 0 aliphatic carbocycles. The molecule has 1 aliphatic rings. The highest BCUT2D eigenvalue weighted by atomic mass is 35.5. The average Bonchev–Trinajstić information content (AvgIpc) is 2.80. The normalized spacial score (nSPS) is 14.6. The van der Waals surface area contributed by atoms with Crippen LogP contribution in [0.2, 0.25) is 5.02 Å². The summed E-state index contributed by atoms with van der Waals surface area (Å²) in [5.74, 6) is 0.936. The van der Waals surface area contributed by atoms with Crippen LogP contribution < -0.4 is 19.5 Å². The first kappa shape index (κ1) is 24.1. The van der Waals surface area contributed by atoms with E-state index in [1.807, 2.05) is 0 Å². The molecule has 0 unspecified atom stereocenters. The number of nitrogens with zero attached hydrogens (tertiary/aromatic N) is 1. The maximum atomic E-state index is 13.0. The largest absolute Gasteiger partial charge is 0.493 e. The predicted octanol–water partition coefficient (Wildman–Crippen LogP) is 2.57. The third-order valence-corrected chi connectivity index (χ3v) is 7.27. The number of methoxy groups -OCH3 is 3. The van der Waals surface area contributed by atoms with Crippen LogP contribution in [0.5, 0.6) is 17.2 Å². The van der Waals surface area contributed by atoms with Crippen molar-refractivity contribution in [3.05, 3.63) is 40.9 Å². The summed E-state index contributed by atoms with van der Waals surface area (Å²) in [7, 11) is 0.666. The Kier molecular flexibility index (Phi) is 7.83. The first-order chi connectivity index (χ1) is 15.3. The molecule has 2 aromatic carbocycles. The standard InChI is InChI=1S/C21H25ClN2O7S/c1-28-17-10-14(11-18(29-2)21(17)30-3)12-20(25)23-15-4-5-16(22)19(13-15)32(26,27)24-6-8-31-9-7-24/h4-5,10-11,13H,6-9,12H2,1-3H3,(H,23,25). The second-order valence-corrected chi connectivity index (χ2v) is 9.23. The highest BCUT2D eigenvalue weighted by molar-refractivity contribution is 7.89. The Morgan fingerprint density at radius 3 is 2.25 bits per heavy atom. The first-order valence-electron chi connectivity index (χ1n) is 9.76. The highest BCUT2D eigenvalue weighted by Crippen LogP contribution is 2.38. The van der Waals surface area contributed by atoms with E-state index in [4.69, 9.17) is 30.5 Å². The number of rotatable bonds is 8. The average molecular weight is 485 g/mol. The van der Waals surface area contributed by atoms with Crippen LogP contribution in [0.15, 0.2) is 35.2 Å². The number of anilines is 1. The smallest absolute Gasteiger partial charge is 0.244 e. The van der Waals surface area contributed by atoms with Crippen LogP contribution in [0.25, 0.3) is 0 Å². The Morgan fingerprint density at radius 1 is 1.06 bits per heavy atom. The molecule has 1 N–H and O–H groups in total. The number of carbonyl (C=O) groups excluding carboxylic acids is 1. The summed E-state index contributed by atoms with van der Waals surface area (Å²) in [6.07, 6.45) is 0.00485. The zero-order chi connectivity index (χ0) is 23.3. The van der Waals surface area contributed by atoms with E-state index < -0.39 is 10.0 Å². The van der Waals surface area contributed by atoms with Crippen molar-refractivity contribution in [2.75, 3.05) is 52.9 Å². The van der Waals surface area contributed by atoms with Gasteiger partial charge in [0, 0.05) is 18.8 Å². The van der Waals surface area contributed by atoms with Gasteiger partial charge in [-0.05, 0) is 35.9 Å². The summed E-state index contributed by atoms with van der Waals surface area (Å²) in [5.41, 5.74) is 0.950. The van der Waals surface area contributed by atoms with Crippen LogP contribution in [-0.4, -0.2) is 66.3 Å². The van der Waals surface area contributed by atoms with Crippen molar-refractivity contribution < 1.29 is 32.2 Å². The number of hydrogen-bond donors (Lipinski definition) is 1. The lowest BCUT2D eigenvalue weighted by Gasteiger charge is -2.26. The number of halogens is 1. The predicted molar refractivity (Wildman–Crippen MR) is 119 cm³/mol. The van der Waals surface area contributed by atoms with Gasteiger partial charge in [-0.1, -0.05) is 11.6 Å². The van der Waals surface area contributed by atoms with Crippen molar-refractivity contribution in [2.45, 2.75) is 11.3 Å². The lowest BCUT2D eigenvalue weighted by molar-refractivity contribution is -0.115. The fourth-order valence-corrected chi connectivity index (χ4v) is 5.24. The monoisotopic (exact) mass is 484 g/mol. The minimum atomic E-state index is -3.81.